The second-order valence-corrected chi connectivity index (χ2v) is 5.82. The average Bonchev–Trinajstić information content (AvgIpc) is 2.74. The summed E-state index contributed by atoms with van der Waals surface area (Å²) in [5.41, 5.74) is 1.69. The number of imidazole rings is 1. The van der Waals surface area contributed by atoms with Gasteiger partial charge < -0.3 is 15.0 Å². The quantitative estimate of drug-likeness (QED) is 0.854. The molecule has 0 radical (unpaired) electrons. The van der Waals surface area contributed by atoms with Gasteiger partial charge in [-0.15, -0.1) is 0 Å². The van der Waals surface area contributed by atoms with E-state index in [-0.39, 0.29) is 18.4 Å². The third-order valence-corrected chi connectivity index (χ3v) is 3.49. The van der Waals surface area contributed by atoms with E-state index in [0.717, 1.165) is 16.9 Å². The van der Waals surface area contributed by atoms with E-state index >= 15 is 0 Å². The highest BCUT2D eigenvalue weighted by atomic mass is 16.4. The van der Waals surface area contributed by atoms with Crippen LogP contribution in [0, 0.1) is 12.8 Å². The fraction of sp³-hybridized carbons (Fsp3) is 0.438. The van der Waals surface area contributed by atoms with Gasteiger partial charge in [0.1, 0.15) is 18.4 Å². The molecule has 118 valence electrons. The standard InChI is InChI=1S/C16H21N3O3/c1-10(2)8-13(16(21)22)18-15(20)9-19-11(3)17-12-6-4-5-7-14(12)19/h4-7,10,13H,8-9H2,1-3H3,(H,18,20)(H,21,22)/t13-/m0/s1. The van der Waals surface area contributed by atoms with Crippen LogP contribution >= 0.6 is 0 Å². The van der Waals surface area contributed by atoms with Gasteiger partial charge in [-0.05, 0) is 31.4 Å². The summed E-state index contributed by atoms with van der Waals surface area (Å²) in [5.74, 6) is -0.405. The van der Waals surface area contributed by atoms with E-state index in [2.05, 4.69) is 10.3 Å². The number of para-hydroxylation sites is 2. The number of amides is 1. The van der Waals surface area contributed by atoms with Gasteiger partial charge in [0.05, 0.1) is 11.0 Å². The summed E-state index contributed by atoms with van der Waals surface area (Å²) < 4.78 is 1.79. The Balaban J connectivity index is 2.13. The number of aliphatic carboxylic acids is 1. The lowest BCUT2D eigenvalue weighted by molar-refractivity contribution is -0.142. The summed E-state index contributed by atoms with van der Waals surface area (Å²) in [5, 5.41) is 11.8. The summed E-state index contributed by atoms with van der Waals surface area (Å²) >= 11 is 0. The molecule has 2 rings (SSSR count). The van der Waals surface area contributed by atoms with Crippen LogP contribution < -0.4 is 5.32 Å². The molecule has 0 aliphatic heterocycles. The Labute approximate surface area is 129 Å². The predicted molar refractivity (Wildman–Crippen MR) is 83.5 cm³/mol. The molecular formula is C16H21N3O3. The molecule has 2 aromatic rings. The van der Waals surface area contributed by atoms with Gasteiger partial charge in [-0.2, -0.15) is 0 Å². The lowest BCUT2D eigenvalue weighted by Crippen LogP contribution is -2.43. The Kier molecular flexibility index (Phi) is 4.80. The molecule has 0 aliphatic carbocycles. The highest BCUT2D eigenvalue weighted by molar-refractivity contribution is 5.85. The molecule has 1 atom stereocenters. The molecule has 1 heterocycles. The highest BCUT2D eigenvalue weighted by Gasteiger charge is 2.21. The van der Waals surface area contributed by atoms with E-state index in [1.807, 2.05) is 45.0 Å². The number of rotatable bonds is 6. The Morgan fingerprint density at radius 1 is 1.32 bits per heavy atom. The van der Waals surface area contributed by atoms with Crippen LogP contribution in [0.5, 0.6) is 0 Å². The smallest absolute Gasteiger partial charge is 0.326 e. The van der Waals surface area contributed by atoms with E-state index in [4.69, 9.17) is 0 Å². The molecule has 1 aromatic carbocycles. The van der Waals surface area contributed by atoms with Crippen LogP contribution in [0.2, 0.25) is 0 Å². The average molecular weight is 303 g/mol. The number of carbonyl (C=O) groups excluding carboxylic acids is 1. The predicted octanol–water partition coefficient (Wildman–Crippen LogP) is 1.96. The summed E-state index contributed by atoms with van der Waals surface area (Å²) in [6.07, 6.45) is 0.407. The molecule has 1 amide bonds. The minimum absolute atomic E-state index is 0.0637. The normalized spacial score (nSPS) is 12.5. The number of nitrogens with zero attached hydrogens (tertiary/aromatic N) is 2. The van der Waals surface area contributed by atoms with Crippen molar-refractivity contribution in [3.05, 3.63) is 30.1 Å². The van der Waals surface area contributed by atoms with Gasteiger partial charge in [0.25, 0.3) is 0 Å². The lowest BCUT2D eigenvalue weighted by atomic mass is 10.0. The fourth-order valence-electron chi connectivity index (χ4n) is 2.47. The van der Waals surface area contributed by atoms with Crippen molar-refractivity contribution >= 4 is 22.9 Å². The van der Waals surface area contributed by atoms with Crippen molar-refractivity contribution in [2.75, 3.05) is 0 Å². The third-order valence-electron chi connectivity index (χ3n) is 3.49. The van der Waals surface area contributed by atoms with Gasteiger partial charge >= 0.3 is 5.97 Å². The van der Waals surface area contributed by atoms with Crippen molar-refractivity contribution in [2.45, 2.75) is 39.8 Å². The van der Waals surface area contributed by atoms with E-state index < -0.39 is 12.0 Å². The largest absolute Gasteiger partial charge is 0.480 e. The van der Waals surface area contributed by atoms with Crippen molar-refractivity contribution in [3.63, 3.8) is 0 Å². The van der Waals surface area contributed by atoms with Gasteiger partial charge in [0.15, 0.2) is 0 Å². The lowest BCUT2D eigenvalue weighted by Gasteiger charge is -2.17. The number of carboxylic acids is 1. The van der Waals surface area contributed by atoms with Crippen LogP contribution in [-0.4, -0.2) is 32.6 Å². The van der Waals surface area contributed by atoms with Crippen LogP contribution in [0.15, 0.2) is 24.3 Å². The Morgan fingerprint density at radius 2 is 2.00 bits per heavy atom. The number of hydrogen-bond acceptors (Lipinski definition) is 3. The Morgan fingerprint density at radius 3 is 2.64 bits per heavy atom. The van der Waals surface area contributed by atoms with Crippen molar-refractivity contribution in [2.24, 2.45) is 5.92 Å². The highest BCUT2D eigenvalue weighted by Crippen LogP contribution is 2.15. The minimum Gasteiger partial charge on any atom is -0.480 e. The van der Waals surface area contributed by atoms with Crippen LogP contribution in [0.4, 0.5) is 0 Å². The van der Waals surface area contributed by atoms with Gasteiger partial charge in [-0.3, -0.25) is 4.79 Å². The SMILES string of the molecule is Cc1nc2ccccc2n1CC(=O)N[C@@H](CC(C)C)C(=O)O. The number of carbonyl (C=O) groups is 2. The van der Waals surface area contributed by atoms with Gasteiger partial charge in [-0.1, -0.05) is 26.0 Å². The van der Waals surface area contributed by atoms with Crippen molar-refractivity contribution in [3.8, 4) is 0 Å². The van der Waals surface area contributed by atoms with Crippen molar-refractivity contribution in [1.82, 2.24) is 14.9 Å². The van der Waals surface area contributed by atoms with Crippen LogP contribution in [0.25, 0.3) is 11.0 Å². The molecule has 0 aliphatic rings. The maximum Gasteiger partial charge on any atom is 0.326 e. The number of aryl methyl sites for hydroxylation is 1. The molecule has 0 fully saturated rings. The maximum atomic E-state index is 12.2. The summed E-state index contributed by atoms with van der Waals surface area (Å²) in [6, 6.07) is 6.70. The zero-order valence-corrected chi connectivity index (χ0v) is 13.0. The second-order valence-electron chi connectivity index (χ2n) is 5.82. The van der Waals surface area contributed by atoms with E-state index in [0.29, 0.717) is 6.42 Å². The number of fused-ring (bicyclic) bond motifs is 1. The summed E-state index contributed by atoms with van der Waals surface area (Å²) in [6.45, 7) is 5.75. The molecule has 0 saturated carbocycles. The maximum absolute atomic E-state index is 12.2. The van der Waals surface area contributed by atoms with Crippen LogP contribution in [0.3, 0.4) is 0 Å². The van der Waals surface area contributed by atoms with Crippen molar-refractivity contribution < 1.29 is 14.7 Å². The number of benzene rings is 1. The topological polar surface area (TPSA) is 84.2 Å². The number of nitrogens with one attached hydrogen (secondary N) is 1. The van der Waals surface area contributed by atoms with Gasteiger partial charge in [-0.25, -0.2) is 9.78 Å². The molecule has 0 spiro atoms. The fourth-order valence-corrected chi connectivity index (χ4v) is 2.47. The first-order chi connectivity index (χ1) is 10.4. The molecule has 0 saturated heterocycles. The molecule has 2 N–H and O–H groups in total. The van der Waals surface area contributed by atoms with Crippen LogP contribution in [0.1, 0.15) is 26.1 Å². The van der Waals surface area contributed by atoms with E-state index in [9.17, 15) is 14.7 Å². The molecule has 22 heavy (non-hydrogen) atoms. The Bertz CT molecular complexity index is 691. The number of aromatic nitrogens is 2. The number of carboxylic acid groups (broad SMARTS) is 1. The molecule has 6 heteroatoms. The zero-order chi connectivity index (χ0) is 16.3. The first kappa shape index (κ1) is 16.0. The third kappa shape index (κ3) is 3.63. The van der Waals surface area contributed by atoms with E-state index in [1.54, 1.807) is 4.57 Å². The number of hydrogen-bond donors (Lipinski definition) is 2. The molecule has 1 aromatic heterocycles. The first-order valence-corrected chi connectivity index (χ1v) is 7.32. The first-order valence-electron chi connectivity index (χ1n) is 7.32. The monoisotopic (exact) mass is 303 g/mol. The van der Waals surface area contributed by atoms with E-state index in [1.165, 1.54) is 0 Å². The molecule has 0 bridgehead atoms. The second kappa shape index (κ2) is 6.60. The molecule has 0 unspecified atom stereocenters. The minimum atomic E-state index is -1.01. The zero-order valence-electron chi connectivity index (χ0n) is 13.0. The molecule has 6 nitrogen and oxygen atoms in total. The van der Waals surface area contributed by atoms with Gasteiger partial charge in [0.2, 0.25) is 5.91 Å². The molecular weight excluding hydrogens is 282 g/mol. The van der Waals surface area contributed by atoms with Gasteiger partial charge in [0, 0.05) is 0 Å². The summed E-state index contributed by atoms with van der Waals surface area (Å²) in [7, 11) is 0. The van der Waals surface area contributed by atoms with Crippen molar-refractivity contribution in [1.29, 1.82) is 0 Å². The Hall–Kier alpha value is -2.37. The summed E-state index contributed by atoms with van der Waals surface area (Å²) in [4.78, 5) is 27.8. The van der Waals surface area contributed by atoms with Crippen LogP contribution in [-0.2, 0) is 16.1 Å².